The van der Waals surface area contributed by atoms with Crippen LogP contribution in [0.4, 0.5) is 0 Å². The molecule has 3 atom stereocenters. The Balaban J connectivity index is 1.30. The van der Waals surface area contributed by atoms with Gasteiger partial charge in [0.05, 0.1) is 19.2 Å². The van der Waals surface area contributed by atoms with Gasteiger partial charge in [-0.15, -0.1) is 0 Å². The highest BCUT2D eigenvalue weighted by atomic mass is 16.5. The summed E-state index contributed by atoms with van der Waals surface area (Å²) in [5, 5.41) is 9.71. The zero-order valence-corrected chi connectivity index (χ0v) is 17.8. The summed E-state index contributed by atoms with van der Waals surface area (Å²) in [6.45, 7) is 2.93. The molecular formula is C22H32N6O2. The van der Waals surface area contributed by atoms with Crippen molar-refractivity contribution in [3.8, 4) is 5.75 Å². The summed E-state index contributed by atoms with van der Waals surface area (Å²) < 4.78 is 5.26. The molecule has 3 unspecified atom stereocenters. The van der Waals surface area contributed by atoms with Crippen molar-refractivity contribution < 1.29 is 9.53 Å². The number of hydrazine groups is 1. The maximum Gasteiger partial charge on any atom is 0.220 e. The Hall–Kier alpha value is -2.74. The molecule has 1 amide bonds. The molecule has 4 rings (SSSR count). The molecule has 1 saturated heterocycles. The number of amides is 1. The first kappa shape index (κ1) is 20.5. The van der Waals surface area contributed by atoms with Gasteiger partial charge in [0.2, 0.25) is 5.91 Å². The third-order valence-corrected chi connectivity index (χ3v) is 6.01. The van der Waals surface area contributed by atoms with Gasteiger partial charge in [0.15, 0.2) is 0 Å². The molecule has 0 spiro atoms. The average Bonchev–Trinajstić information content (AvgIpc) is 3.39. The van der Waals surface area contributed by atoms with Crippen molar-refractivity contribution in [2.75, 3.05) is 13.7 Å². The van der Waals surface area contributed by atoms with Gasteiger partial charge in [-0.3, -0.25) is 10.2 Å². The molecule has 3 heterocycles. The van der Waals surface area contributed by atoms with Crippen molar-refractivity contribution in [3.63, 3.8) is 0 Å². The van der Waals surface area contributed by atoms with Gasteiger partial charge >= 0.3 is 0 Å². The molecule has 30 heavy (non-hydrogen) atoms. The Morgan fingerprint density at radius 3 is 2.87 bits per heavy atom. The van der Waals surface area contributed by atoms with Crippen LogP contribution in [0.3, 0.4) is 0 Å². The lowest BCUT2D eigenvalue weighted by Crippen LogP contribution is -2.54. The van der Waals surface area contributed by atoms with Crippen molar-refractivity contribution >= 4 is 11.7 Å². The molecule has 1 aromatic rings. The molecule has 0 aliphatic carbocycles. The van der Waals surface area contributed by atoms with Crippen molar-refractivity contribution in [1.29, 1.82) is 0 Å². The van der Waals surface area contributed by atoms with Crippen LogP contribution >= 0.6 is 0 Å². The van der Waals surface area contributed by atoms with Crippen LogP contribution in [-0.4, -0.2) is 47.5 Å². The maximum absolute atomic E-state index is 12.1. The third-order valence-electron chi connectivity index (χ3n) is 6.01. The number of carbonyl (C=O) groups is 1. The summed E-state index contributed by atoms with van der Waals surface area (Å²) in [6, 6.07) is 8.72. The second kappa shape index (κ2) is 9.38. The Labute approximate surface area is 178 Å². The van der Waals surface area contributed by atoms with E-state index < -0.39 is 0 Å². The molecule has 0 bridgehead atoms. The predicted octanol–water partition coefficient (Wildman–Crippen LogP) is 2.43. The summed E-state index contributed by atoms with van der Waals surface area (Å²) in [6.07, 6.45) is 9.61. The Morgan fingerprint density at radius 1 is 1.27 bits per heavy atom. The van der Waals surface area contributed by atoms with Gasteiger partial charge in [0, 0.05) is 31.8 Å². The van der Waals surface area contributed by atoms with Gasteiger partial charge in [-0.05, 0) is 30.5 Å². The van der Waals surface area contributed by atoms with E-state index in [9.17, 15) is 4.79 Å². The highest BCUT2D eigenvalue weighted by molar-refractivity contribution is 5.89. The lowest BCUT2D eigenvalue weighted by Gasteiger charge is -2.37. The van der Waals surface area contributed by atoms with E-state index in [1.807, 2.05) is 18.3 Å². The number of nitrogens with zero attached hydrogens (tertiary/aromatic N) is 3. The van der Waals surface area contributed by atoms with Crippen LogP contribution in [0.25, 0.3) is 0 Å². The summed E-state index contributed by atoms with van der Waals surface area (Å²) in [4.78, 5) is 14.3. The number of amidine groups is 1. The van der Waals surface area contributed by atoms with Crippen LogP contribution in [0.5, 0.6) is 5.75 Å². The molecule has 0 aromatic heterocycles. The second-order valence-electron chi connectivity index (χ2n) is 8.03. The van der Waals surface area contributed by atoms with E-state index in [1.165, 1.54) is 5.56 Å². The lowest BCUT2D eigenvalue weighted by molar-refractivity contribution is -0.120. The van der Waals surface area contributed by atoms with Crippen molar-refractivity contribution in [1.82, 2.24) is 26.1 Å². The number of hydrogen-bond acceptors (Lipinski definition) is 7. The highest BCUT2D eigenvalue weighted by Crippen LogP contribution is 2.34. The van der Waals surface area contributed by atoms with Crippen molar-refractivity contribution in [2.24, 2.45) is 5.10 Å². The topological polar surface area (TPSA) is 81.2 Å². The Morgan fingerprint density at radius 2 is 2.10 bits per heavy atom. The Kier molecular flexibility index (Phi) is 6.42. The number of fused-ring (bicyclic) bond motifs is 3. The first-order valence-corrected chi connectivity index (χ1v) is 10.9. The predicted molar refractivity (Wildman–Crippen MR) is 116 cm³/mol. The number of ether oxygens (including phenoxy) is 1. The minimum absolute atomic E-state index is 0.0772. The minimum atomic E-state index is 0.0772. The fourth-order valence-electron chi connectivity index (χ4n) is 4.28. The van der Waals surface area contributed by atoms with Gasteiger partial charge in [-0.25, -0.2) is 5.43 Å². The number of hydrazone groups is 1. The standard InChI is InChI=1S/C22H32N6O2/c1-3-4-5-12-23-21(29)11-10-20-24-25-22-19-15-18(26-28(19)14-13-27(20)22)16-6-8-17(30-2)9-7-16/h6-9,13-14,18-19,22,25-26H,3-5,10-12,15H2,1-2H3,(H,23,29). The minimum Gasteiger partial charge on any atom is -0.497 e. The highest BCUT2D eigenvalue weighted by Gasteiger charge is 2.44. The first-order chi connectivity index (χ1) is 14.7. The summed E-state index contributed by atoms with van der Waals surface area (Å²) >= 11 is 0. The van der Waals surface area contributed by atoms with E-state index in [0.717, 1.165) is 43.8 Å². The molecule has 1 fully saturated rings. The molecule has 3 aliphatic rings. The molecule has 8 nitrogen and oxygen atoms in total. The Bertz CT molecular complexity index is 793. The molecule has 3 N–H and O–H groups in total. The van der Waals surface area contributed by atoms with Gasteiger partial charge in [-0.1, -0.05) is 31.9 Å². The third kappa shape index (κ3) is 4.38. The number of methoxy groups -OCH3 is 1. The fourth-order valence-corrected chi connectivity index (χ4v) is 4.28. The van der Waals surface area contributed by atoms with E-state index in [-0.39, 0.29) is 24.2 Å². The normalized spacial score (nSPS) is 24.2. The van der Waals surface area contributed by atoms with E-state index in [0.29, 0.717) is 12.8 Å². The van der Waals surface area contributed by atoms with Crippen molar-refractivity contribution in [3.05, 3.63) is 42.2 Å². The van der Waals surface area contributed by atoms with E-state index in [4.69, 9.17) is 4.74 Å². The number of rotatable bonds is 9. The molecule has 8 heteroatoms. The molecule has 0 saturated carbocycles. The fraction of sp³-hybridized carbons (Fsp3) is 0.545. The average molecular weight is 413 g/mol. The number of nitrogens with one attached hydrogen (secondary N) is 3. The van der Waals surface area contributed by atoms with Gasteiger partial charge in [-0.2, -0.15) is 5.10 Å². The summed E-state index contributed by atoms with van der Waals surface area (Å²) in [5.74, 6) is 1.89. The number of benzene rings is 1. The summed E-state index contributed by atoms with van der Waals surface area (Å²) in [5.41, 5.74) is 8.10. The van der Waals surface area contributed by atoms with Crippen LogP contribution < -0.4 is 20.9 Å². The SMILES string of the molecule is CCCCCNC(=O)CCC1=NNC2C3CC(c4ccc(OC)cc4)NN3C=CN12. The zero-order valence-electron chi connectivity index (χ0n) is 17.8. The number of carbonyl (C=O) groups excluding carboxylic acids is 1. The number of unbranched alkanes of at least 4 members (excludes halogenated alkanes) is 2. The second-order valence-corrected chi connectivity index (χ2v) is 8.03. The number of hydrogen-bond donors (Lipinski definition) is 3. The zero-order chi connectivity index (χ0) is 20.9. The van der Waals surface area contributed by atoms with E-state index >= 15 is 0 Å². The van der Waals surface area contributed by atoms with Crippen LogP contribution in [0.1, 0.15) is 57.1 Å². The molecule has 0 radical (unpaired) electrons. The molecule has 3 aliphatic heterocycles. The maximum atomic E-state index is 12.1. The van der Waals surface area contributed by atoms with Crippen LogP contribution in [0.15, 0.2) is 41.8 Å². The summed E-state index contributed by atoms with van der Waals surface area (Å²) in [7, 11) is 1.68. The van der Waals surface area contributed by atoms with E-state index in [2.05, 4.69) is 56.4 Å². The first-order valence-electron chi connectivity index (χ1n) is 10.9. The molecule has 1 aromatic carbocycles. The van der Waals surface area contributed by atoms with E-state index in [1.54, 1.807) is 7.11 Å². The van der Waals surface area contributed by atoms with Gasteiger partial charge in [0.1, 0.15) is 17.8 Å². The largest absolute Gasteiger partial charge is 0.497 e. The molecular weight excluding hydrogens is 380 g/mol. The van der Waals surface area contributed by atoms with Crippen LogP contribution in [-0.2, 0) is 4.79 Å². The van der Waals surface area contributed by atoms with Gasteiger partial charge < -0.3 is 20.0 Å². The lowest BCUT2D eigenvalue weighted by atomic mass is 9.99. The van der Waals surface area contributed by atoms with Crippen LogP contribution in [0.2, 0.25) is 0 Å². The smallest absolute Gasteiger partial charge is 0.220 e. The van der Waals surface area contributed by atoms with Crippen molar-refractivity contribution in [2.45, 2.75) is 63.7 Å². The molecule has 162 valence electrons. The quantitative estimate of drug-likeness (QED) is 0.541. The monoisotopic (exact) mass is 412 g/mol. The van der Waals surface area contributed by atoms with Gasteiger partial charge in [0.25, 0.3) is 0 Å². The van der Waals surface area contributed by atoms with Crippen LogP contribution in [0, 0.1) is 0 Å².